The maximum absolute atomic E-state index is 12.0. The van der Waals surface area contributed by atoms with Gasteiger partial charge in [0.25, 0.3) is 0 Å². The van der Waals surface area contributed by atoms with Gasteiger partial charge < -0.3 is 10.0 Å². The number of alkyl halides is 2. The molecule has 2 rings (SSSR count). The molecule has 1 saturated carbocycles. The van der Waals surface area contributed by atoms with Gasteiger partial charge in [-0.1, -0.05) is 0 Å². The number of hydrazone groups is 1. The smallest absolute Gasteiger partial charge is 0.249 e. The molecule has 1 fully saturated rings. The number of benzene rings is 1. The Labute approximate surface area is 146 Å². The Balaban J connectivity index is 2.02. The maximum atomic E-state index is 12.0. The van der Waals surface area contributed by atoms with Crippen molar-refractivity contribution in [2.45, 2.75) is 31.5 Å². The van der Waals surface area contributed by atoms with Gasteiger partial charge >= 0.3 is 0 Å². The first kappa shape index (κ1) is 17.9. The van der Waals surface area contributed by atoms with E-state index in [2.05, 4.69) is 29.3 Å². The van der Waals surface area contributed by atoms with Crippen molar-refractivity contribution in [1.29, 1.82) is 0 Å². The average molecular weight is 358 g/mol. The maximum Gasteiger partial charge on any atom is 0.249 e. The van der Waals surface area contributed by atoms with Crippen LogP contribution in [0.2, 0.25) is 0 Å². The van der Waals surface area contributed by atoms with Crippen LogP contribution in [0.25, 0.3) is 0 Å². The molecule has 1 aliphatic rings. The Morgan fingerprint density at radius 3 is 2.52 bits per heavy atom. The summed E-state index contributed by atoms with van der Waals surface area (Å²) in [6.07, 6.45) is 1.80. The predicted octanol–water partition coefficient (Wildman–Crippen LogP) is 3.27. The third kappa shape index (κ3) is 3.56. The molecule has 0 saturated heterocycles. The lowest BCUT2D eigenvalue weighted by Crippen LogP contribution is -2.29. The van der Waals surface area contributed by atoms with Crippen LogP contribution >= 0.6 is 23.2 Å². The topological polar surface area (TPSA) is 64.9 Å². The van der Waals surface area contributed by atoms with E-state index in [4.69, 9.17) is 23.2 Å². The van der Waals surface area contributed by atoms with Crippen LogP contribution in [-0.4, -0.2) is 34.7 Å². The van der Waals surface area contributed by atoms with Crippen molar-refractivity contribution in [2.24, 2.45) is 10.5 Å². The van der Waals surface area contributed by atoms with Crippen LogP contribution in [0.4, 0.5) is 5.69 Å². The first-order chi connectivity index (χ1) is 10.7. The molecule has 1 amide bonds. The standard InChI is InChI=1S/C16H21Cl2N3O2/c1-4-21(5-2)12-7-6-11(13(22)8-12)9-19-20-14(23)15(3)10-16(15,17)18/h6-9,22H,4-5,10H2,1-3H3,(H,20,23)/b19-9-/t15-/m0/s1. The molecule has 0 bridgehead atoms. The number of aromatic hydroxyl groups is 1. The first-order valence-electron chi connectivity index (χ1n) is 7.54. The number of phenolic OH excluding ortho intramolecular Hbond substituents is 1. The zero-order valence-corrected chi connectivity index (χ0v) is 14.9. The van der Waals surface area contributed by atoms with Gasteiger partial charge in [-0.2, -0.15) is 5.10 Å². The highest BCUT2D eigenvalue weighted by atomic mass is 35.5. The number of rotatable bonds is 6. The van der Waals surface area contributed by atoms with E-state index < -0.39 is 9.75 Å². The Morgan fingerprint density at radius 1 is 1.43 bits per heavy atom. The van der Waals surface area contributed by atoms with Gasteiger partial charge in [-0.3, -0.25) is 4.79 Å². The largest absolute Gasteiger partial charge is 0.507 e. The summed E-state index contributed by atoms with van der Waals surface area (Å²) in [5.74, 6) is -0.230. The molecule has 23 heavy (non-hydrogen) atoms. The van der Waals surface area contributed by atoms with Gasteiger partial charge in [0.15, 0.2) is 0 Å². The number of anilines is 1. The van der Waals surface area contributed by atoms with Crippen molar-refractivity contribution in [3.8, 4) is 5.75 Å². The highest BCUT2D eigenvalue weighted by Gasteiger charge is 2.68. The molecule has 0 radical (unpaired) electrons. The number of hydrogen-bond donors (Lipinski definition) is 2. The van der Waals surface area contributed by atoms with Gasteiger partial charge in [0.1, 0.15) is 10.1 Å². The minimum atomic E-state index is -1.03. The molecule has 0 aromatic heterocycles. The minimum absolute atomic E-state index is 0.106. The predicted molar refractivity (Wildman–Crippen MR) is 94.6 cm³/mol. The molecule has 0 aliphatic heterocycles. The first-order valence-corrected chi connectivity index (χ1v) is 8.30. The van der Waals surface area contributed by atoms with Crippen molar-refractivity contribution >= 4 is 41.0 Å². The van der Waals surface area contributed by atoms with Crippen molar-refractivity contribution < 1.29 is 9.90 Å². The molecule has 0 heterocycles. The van der Waals surface area contributed by atoms with E-state index in [-0.39, 0.29) is 11.7 Å². The number of nitrogens with zero attached hydrogens (tertiary/aromatic N) is 2. The second-order valence-electron chi connectivity index (χ2n) is 5.83. The van der Waals surface area contributed by atoms with Crippen LogP contribution in [0, 0.1) is 5.41 Å². The van der Waals surface area contributed by atoms with Crippen LogP contribution in [0.5, 0.6) is 5.75 Å². The molecule has 2 N–H and O–H groups in total. The molecule has 1 aromatic carbocycles. The molecule has 5 nitrogen and oxygen atoms in total. The van der Waals surface area contributed by atoms with Crippen molar-refractivity contribution in [1.82, 2.24) is 5.43 Å². The highest BCUT2D eigenvalue weighted by Crippen LogP contribution is 2.63. The van der Waals surface area contributed by atoms with E-state index in [0.717, 1.165) is 18.8 Å². The summed E-state index contributed by atoms with van der Waals surface area (Å²) in [6.45, 7) is 7.51. The zero-order valence-electron chi connectivity index (χ0n) is 13.4. The molecular weight excluding hydrogens is 337 g/mol. The lowest BCUT2D eigenvalue weighted by Gasteiger charge is -2.21. The molecule has 1 aromatic rings. The molecule has 7 heteroatoms. The third-order valence-corrected chi connectivity index (χ3v) is 5.37. The van der Waals surface area contributed by atoms with Gasteiger partial charge in [0.05, 0.1) is 11.6 Å². The van der Waals surface area contributed by atoms with Crippen molar-refractivity contribution in [3.05, 3.63) is 23.8 Å². The van der Waals surface area contributed by atoms with E-state index in [0.29, 0.717) is 12.0 Å². The summed E-state index contributed by atoms with van der Waals surface area (Å²) in [6, 6.07) is 5.34. The van der Waals surface area contributed by atoms with Crippen LogP contribution in [0.15, 0.2) is 23.3 Å². The van der Waals surface area contributed by atoms with Crippen molar-refractivity contribution in [3.63, 3.8) is 0 Å². The summed E-state index contributed by atoms with van der Waals surface area (Å²) in [7, 11) is 0. The van der Waals surface area contributed by atoms with E-state index in [1.807, 2.05) is 6.07 Å². The fourth-order valence-electron chi connectivity index (χ4n) is 2.36. The highest BCUT2D eigenvalue weighted by molar-refractivity contribution is 6.53. The molecule has 1 atom stereocenters. The van der Waals surface area contributed by atoms with Crippen LogP contribution < -0.4 is 10.3 Å². The van der Waals surface area contributed by atoms with Crippen molar-refractivity contribution in [2.75, 3.05) is 18.0 Å². The second-order valence-corrected chi connectivity index (χ2v) is 7.31. The quantitative estimate of drug-likeness (QED) is 0.466. The number of nitrogens with one attached hydrogen (secondary N) is 1. The lowest BCUT2D eigenvalue weighted by molar-refractivity contribution is -0.125. The monoisotopic (exact) mass is 357 g/mol. The Hall–Kier alpha value is -1.46. The average Bonchev–Trinajstić information content (AvgIpc) is 3.02. The molecule has 0 spiro atoms. The number of carbonyl (C=O) groups is 1. The summed E-state index contributed by atoms with van der Waals surface area (Å²) >= 11 is 11.9. The SMILES string of the molecule is CCN(CC)c1ccc(/C=N\NC(=O)[C@]2(C)CC2(Cl)Cl)c(O)c1. The van der Waals surface area contributed by atoms with Gasteiger partial charge in [-0.05, 0) is 39.3 Å². The molecule has 126 valence electrons. The zero-order chi connectivity index (χ0) is 17.3. The van der Waals surface area contributed by atoms with E-state index in [9.17, 15) is 9.90 Å². The number of amides is 1. The lowest BCUT2D eigenvalue weighted by atomic mass is 10.1. The molecule has 0 unspecified atom stereocenters. The summed E-state index contributed by atoms with van der Waals surface area (Å²) in [5.41, 5.74) is 3.06. The normalized spacial score (nSPS) is 22.1. The number of halogens is 2. The van der Waals surface area contributed by atoms with E-state index in [1.165, 1.54) is 6.21 Å². The molecular formula is C16H21Cl2N3O2. The summed E-state index contributed by atoms with van der Waals surface area (Å²) < 4.78 is -1.03. The van der Waals surface area contributed by atoms with Gasteiger partial charge in [-0.25, -0.2) is 5.43 Å². The number of carbonyl (C=O) groups excluding carboxylic acids is 1. The van der Waals surface area contributed by atoms with Crippen LogP contribution in [-0.2, 0) is 4.79 Å². The van der Waals surface area contributed by atoms with E-state index >= 15 is 0 Å². The van der Waals surface area contributed by atoms with Gasteiger partial charge in [-0.15, -0.1) is 23.2 Å². The van der Waals surface area contributed by atoms with Gasteiger partial charge in [0.2, 0.25) is 5.91 Å². The third-order valence-electron chi connectivity index (χ3n) is 4.27. The van der Waals surface area contributed by atoms with Crippen LogP contribution in [0.3, 0.4) is 0 Å². The Morgan fingerprint density at radius 2 is 2.04 bits per heavy atom. The summed E-state index contributed by atoms with van der Waals surface area (Å²) in [4.78, 5) is 14.1. The fraction of sp³-hybridized carbons (Fsp3) is 0.500. The number of phenols is 1. The summed E-state index contributed by atoms with van der Waals surface area (Å²) in [5, 5.41) is 14.0. The number of hydrogen-bond acceptors (Lipinski definition) is 4. The molecule has 1 aliphatic carbocycles. The second kappa shape index (κ2) is 6.57. The minimum Gasteiger partial charge on any atom is -0.507 e. The van der Waals surface area contributed by atoms with E-state index in [1.54, 1.807) is 19.1 Å². The fourth-order valence-corrected chi connectivity index (χ4v) is 3.06. The van der Waals surface area contributed by atoms with Crippen LogP contribution in [0.1, 0.15) is 32.8 Å². The van der Waals surface area contributed by atoms with Gasteiger partial charge in [0, 0.05) is 30.4 Å². The Kier molecular flexibility index (Phi) is 5.11. The Bertz CT molecular complexity index is 630.